The summed E-state index contributed by atoms with van der Waals surface area (Å²) in [5, 5.41) is 11.0. The minimum atomic E-state index is -0.604. The Kier molecular flexibility index (Phi) is 3.99. The van der Waals surface area contributed by atoms with Gasteiger partial charge in [0.2, 0.25) is 12.5 Å². The van der Waals surface area contributed by atoms with Crippen LogP contribution in [0.1, 0.15) is 39.2 Å². The van der Waals surface area contributed by atoms with E-state index in [9.17, 15) is 9.90 Å². The number of aromatic hydroxyl groups is 1. The Morgan fingerprint density at radius 2 is 2.03 bits per heavy atom. The van der Waals surface area contributed by atoms with E-state index in [1.54, 1.807) is 6.07 Å². The van der Waals surface area contributed by atoms with Crippen LogP contribution < -0.4 is 18.9 Å². The number of esters is 1. The lowest BCUT2D eigenvalue weighted by molar-refractivity contribution is 0.00872. The van der Waals surface area contributed by atoms with E-state index >= 15 is 0 Å². The van der Waals surface area contributed by atoms with Crippen molar-refractivity contribution in [3.8, 4) is 28.7 Å². The molecule has 152 valence electrons. The highest BCUT2D eigenvalue weighted by Gasteiger charge is 2.45. The summed E-state index contributed by atoms with van der Waals surface area (Å²) in [7, 11) is 4.96. The van der Waals surface area contributed by atoms with Gasteiger partial charge in [-0.05, 0) is 31.2 Å². The molecule has 2 atom stereocenters. The molecule has 0 bridgehead atoms. The lowest BCUT2D eigenvalue weighted by atomic mass is 9.85. The number of carbonyl (C=O) groups excluding carboxylic acids is 1. The van der Waals surface area contributed by atoms with Gasteiger partial charge in [0.25, 0.3) is 0 Å². The van der Waals surface area contributed by atoms with Crippen molar-refractivity contribution in [2.45, 2.75) is 18.6 Å². The second kappa shape index (κ2) is 6.45. The first-order valence-electron chi connectivity index (χ1n) is 9.35. The number of ether oxygens (including phenoxy) is 5. The minimum absolute atomic E-state index is 0.0384. The Hall–Kier alpha value is -3.13. The second-order valence-electron chi connectivity index (χ2n) is 7.30. The number of phenols is 1. The van der Waals surface area contributed by atoms with E-state index in [-0.39, 0.29) is 18.6 Å². The van der Waals surface area contributed by atoms with Crippen molar-refractivity contribution in [2.75, 3.05) is 34.6 Å². The highest BCUT2D eigenvalue weighted by molar-refractivity contribution is 5.98. The van der Waals surface area contributed by atoms with E-state index in [0.717, 1.165) is 18.5 Å². The van der Waals surface area contributed by atoms with Crippen molar-refractivity contribution < 1.29 is 33.6 Å². The third-order valence-corrected chi connectivity index (χ3v) is 5.88. The summed E-state index contributed by atoms with van der Waals surface area (Å²) in [6.07, 6.45) is 0.138. The first-order chi connectivity index (χ1) is 14.0. The number of phenolic OH excluding ortho intramolecular Hbond substituents is 1. The zero-order chi connectivity index (χ0) is 20.3. The largest absolute Gasteiger partial charge is 0.504 e. The quantitative estimate of drug-likeness (QED) is 0.789. The molecule has 8 nitrogen and oxygen atoms in total. The van der Waals surface area contributed by atoms with E-state index in [1.165, 1.54) is 14.2 Å². The monoisotopic (exact) mass is 399 g/mol. The zero-order valence-corrected chi connectivity index (χ0v) is 16.4. The van der Waals surface area contributed by atoms with E-state index in [4.69, 9.17) is 23.7 Å². The van der Waals surface area contributed by atoms with Gasteiger partial charge in [0, 0.05) is 17.7 Å². The summed E-state index contributed by atoms with van der Waals surface area (Å²) >= 11 is 0. The van der Waals surface area contributed by atoms with Crippen molar-refractivity contribution in [2.24, 2.45) is 0 Å². The maximum atomic E-state index is 12.8. The minimum Gasteiger partial charge on any atom is -0.504 e. The van der Waals surface area contributed by atoms with Crippen LogP contribution >= 0.6 is 0 Å². The normalized spacial score (nSPS) is 22.1. The molecule has 5 rings (SSSR count). The van der Waals surface area contributed by atoms with Crippen molar-refractivity contribution in [3.05, 3.63) is 40.5 Å². The molecule has 0 saturated carbocycles. The Labute approximate surface area is 167 Å². The van der Waals surface area contributed by atoms with Gasteiger partial charge < -0.3 is 28.8 Å². The predicted molar refractivity (Wildman–Crippen MR) is 101 cm³/mol. The van der Waals surface area contributed by atoms with Gasteiger partial charge in [-0.15, -0.1) is 0 Å². The number of rotatable bonds is 3. The van der Waals surface area contributed by atoms with Gasteiger partial charge in [0.1, 0.15) is 11.7 Å². The molecule has 0 amide bonds. The summed E-state index contributed by atoms with van der Waals surface area (Å²) in [5.41, 5.74) is 2.72. The van der Waals surface area contributed by atoms with E-state index in [0.29, 0.717) is 39.7 Å². The molecular weight excluding hydrogens is 378 g/mol. The molecule has 2 aromatic rings. The third kappa shape index (κ3) is 2.45. The first kappa shape index (κ1) is 17.9. The molecule has 29 heavy (non-hydrogen) atoms. The summed E-state index contributed by atoms with van der Waals surface area (Å²) in [6.45, 7) is 0.817. The fourth-order valence-electron chi connectivity index (χ4n) is 4.53. The molecule has 3 aliphatic rings. The van der Waals surface area contributed by atoms with Gasteiger partial charge in [-0.2, -0.15) is 0 Å². The molecule has 3 aliphatic heterocycles. The lowest BCUT2D eigenvalue weighted by Crippen LogP contribution is -2.36. The number of benzene rings is 2. The van der Waals surface area contributed by atoms with Crippen LogP contribution in [-0.4, -0.2) is 50.6 Å². The molecule has 0 aromatic heterocycles. The topological polar surface area (TPSA) is 86.7 Å². The zero-order valence-electron chi connectivity index (χ0n) is 16.4. The molecule has 0 aliphatic carbocycles. The van der Waals surface area contributed by atoms with Crippen LogP contribution in [0.25, 0.3) is 0 Å². The number of fused-ring (bicyclic) bond motifs is 3. The maximum absolute atomic E-state index is 12.8. The van der Waals surface area contributed by atoms with Gasteiger partial charge in [-0.3, -0.25) is 4.90 Å². The molecule has 1 N–H and O–H groups in total. The van der Waals surface area contributed by atoms with Crippen LogP contribution in [0.2, 0.25) is 0 Å². The number of hydrogen-bond acceptors (Lipinski definition) is 8. The van der Waals surface area contributed by atoms with E-state index < -0.39 is 12.1 Å². The van der Waals surface area contributed by atoms with Crippen molar-refractivity contribution in [1.29, 1.82) is 0 Å². The molecule has 0 fully saturated rings. The molecule has 2 aromatic carbocycles. The molecular formula is C21H21NO7. The summed E-state index contributed by atoms with van der Waals surface area (Å²) < 4.78 is 27.5. The summed E-state index contributed by atoms with van der Waals surface area (Å²) in [5.74, 6) is 1.26. The first-order valence-corrected chi connectivity index (χ1v) is 9.35. The standard InChI is InChI=1S/C21H21NO7/c1-22-7-6-10-8-13-20(28-9-27-13)17(23)14(10)16(22)18-11-4-5-12(25-2)19(26-3)15(11)21(24)29-18/h4-5,8,16,18,23H,6-7,9H2,1-3H3/t16-,18+/m1/s1. The summed E-state index contributed by atoms with van der Waals surface area (Å²) in [4.78, 5) is 14.9. The molecule has 8 heteroatoms. The Bertz CT molecular complexity index is 1020. The molecule has 0 spiro atoms. The molecule has 0 saturated heterocycles. The van der Waals surface area contributed by atoms with E-state index in [1.807, 2.05) is 19.2 Å². The lowest BCUT2D eigenvalue weighted by Gasteiger charge is -2.38. The van der Waals surface area contributed by atoms with Crippen LogP contribution in [-0.2, 0) is 11.2 Å². The fraction of sp³-hybridized carbons (Fsp3) is 0.381. The highest BCUT2D eigenvalue weighted by atomic mass is 16.7. The van der Waals surface area contributed by atoms with E-state index in [2.05, 4.69) is 4.90 Å². The second-order valence-corrected chi connectivity index (χ2v) is 7.30. The predicted octanol–water partition coefficient (Wildman–Crippen LogP) is 2.58. The Balaban J connectivity index is 1.67. The Morgan fingerprint density at radius 3 is 2.79 bits per heavy atom. The summed E-state index contributed by atoms with van der Waals surface area (Å²) in [6, 6.07) is 5.11. The maximum Gasteiger partial charge on any atom is 0.343 e. The number of carbonyl (C=O) groups is 1. The number of methoxy groups -OCH3 is 2. The van der Waals surface area contributed by atoms with Crippen LogP contribution in [0.5, 0.6) is 28.7 Å². The van der Waals surface area contributed by atoms with Crippen LogP contribution in [0.3, 0.4) is 0 Å². The smallest absolute Gasteiger partial charge is 0.343 e. The SMILES string of the molecule is COc1ccc2c(c1OC)C(=O)O[C@@H]2[C@H]1c2c(cc3c(c2O)OCO3)CCN1C. The van der Waals surface area contributed by atoms with Crippen molar-refractivity contribution in [3.63, 3.8) is 0 Å². The van der Waals surface area contributed by atoms with Crippen molar-refractivity contribution >= 4 is 5.97 Å². The van der Waals surface area contributed by atoms with Crippen molar-refractivity contribution in [1.82, 2.24) is 4.90 Å². The van der Waals surface area contributed by atoms with Crippen LogP contribution in [0.4, 0.5) is 0 Å². The number of cyclic esters (lactones) is 1. The number of nitrogens with zero attached hydrogens (tertiary/aromatic N) is 1. The molecule has 0 radical (unpaired) electrons. The van der Waals surface area contributed by atoms with Gasteiger partial charge in [-0.1, -0.05) is 6.07 Å². The Morgan fingerprint density at radius 1 is 1.21 bits per heavy atom. The van der Waals surface area contributed by atoms with Crippen LogP contribution in [0, 0.1) is 0 Å². The average Bonchev–Trinajstić information content (AvgIpc) is 3.32. The average molecular weight is 399 g/mol. The van der Waals surface area contributed by atoms with Gasteiger partial charge in [0.05, 0.1) is 20.3 Å². The number of likely N-dealkylation sites (N-methyl/N-ethyl adjacent to an activating group) is 1. The number of hydrogen-bond donors (Lipinski definition) is 1. The molecule has 0 unspecified atom stereocenters. The van der Waals surface area contributed by atoms with Gasteiger partial charge in [0.15, 0.2) is 23.0 Å². The van der Waals surface area contributed by atoms with Gasteiger partial charge >= 0.3 is 5.97 Å². The molecule has 3 heterocycles. The fourth-order valence-corrected chi connectivity index (χ4v) is 4.53. The van der Waals surface area contributed by atoms with Gasteiger partial charge in [-0.25, -0.2) is 4.79 Å². The highest BCUT2D eigenvalue weighted by Crippen LogP contribution is 2.54. The van der Waals surface area contributed by atoms with Crippen LogP contribution in [0.15, 0.2) is 18.2 Å². The third-order valence-electron chi connectivity index (χ3n) is 5.88.